The maximum atomic E-state index is 10.7. The average Bonchev–Trinajstić information content (AvgIpc) is 2.96. The van der Waals surface area contributed by atoms with Crippen molar-refractivity contribution < 1.29 is 5.11 Å². The highest BCUT2D eigenvalue weighted by Crippen LogP contribution is 2.34. The van der Waals surface area contributed by atoms with Crippen LogP contribution in [0, 0.1) is 0 Å². The third-order valence-corrected chi connectivity index (χ3v) is 3.77. The van der Waals surface area contributed by atoms with Crippen molar-refractivity contribution in [3.8, 4) is 0 Å². The van der Waals surface area contributed by atoms with Gasteiger partial charge in [0.1, 0.15) is 11.3 Å². The summed E-state index contributed by atoms with van der Waals surface area (Å²) in [5, 5.41) is 19.9. The molecular weight excluding hydrogens is 276 g/mol. The second-order valence-corrected chi connectivity index (χ2v) is 5.61. The minimum absolute atomic E-state index is 0.195. The number of nitrogens with zero attached hydrogens (tertiary/aromatic N) is 4. The smallest absolute Gasteiger partial charge is 0.133 e. The highest BCUT2D eigenvalue weighted by molar-refractivity contribution is 6.30. The second kappa shape index (κ2) is 5.97. The van der Waals surface area contributed by atoms with Crippen LogP contribution in [0.1, 0.15) is 56.2 Å². The number of halogens is 1. The van der Waals surface area contributed by atoms with Gasteiger partial charge in [-0.25, -0.2) is 0 Å². The van der Waals surface area contributed by atoms with Gasteiger partial charge in [0.2, 0.25) is 0 Å². The molecule has 2 aromatic rings. The van der Waals surface area contributed by atoms with E-state index in [1.807, 2.05) is 24.6 Å². The molecule has 0 spiro atoms. The van der Waals surface area contributed by atoms with E-state index < -0.39 is 6.10 Å². The Hall–Kier alpha value is -1.33. The zero-order valence-corrected chi connectivity index (χ0v) is 13.1. The standard InChI is InChI=1S/C14H21ClN4O/c1-5-8-19-10(6-7-16-19)13(20)11-12(9(2)3)17-18(4)14(11)15/h6-7,9,13,20H,5,8H2,1-4H3. The van der Waals surface area contributed by atoms with E-state index in [9.17, 15) is 5.11 Å². The summed E-state index contributed by atoms with van der Waals surface area (Å²) in [6.45, 7) is 6.93. The van der Waals surface area contributed by atoms with Crippen molar-refractivity contribution in [2.45, 2.75) is 45.8 Å². The van der Waals surface area contributed by atoms with E-state index >= 15 is 0 Å². The number of hydrogen-bond donors (Lipinski definition) is 1. The van der Waals surface area contributed by atoms with Gasteiger partial charge in [-0.1, -0.05) is 32.4 Å². The van der Waals surface area contributed by atoms with Crippen LogP contribution in [-0.2, 0) is 13.6 Å². The first-order chi connectivity index (χ1) is 9.47. The Morgan fingerprint density at radius 3 is 2.70 bits per heavy atom. The first-order valence-corrected chi connectivity index (χ1v) is 7.27. The lowest BCUT2D eigenvalue weighted by molar-refractivity contribution is 0.206. The van der Waals surface area contributed by atoms with E-state index in [1.165, 1.54) is 0 Å². The van der Waals surface area contributed by atoms with Gasteiger partial charge in [0.25, 0.3) is 0 Å². The van der Waals surface area contributed by atoms with Crippen molar-refractivity contribution in [3.63, 3.8) is 0 Å². The molecule has 0 saturated carbocycles. The van der Waals surface area contributed by atoms with Crippen LogP contribution in [0.15, 0.2) is 12.3 Å². The number of rotatable bonds is 5. The maximum Gasteiger partial charge on any atom is 0.133 e. The van der Waals surface area contributed by atoms with Gasteiger partial charge in [0.05, 0.1) is 11.4 Å². The van der Waals surface area contributed by atoms with Gasteiger partial charge in [-0.2, -0.15) is 10.2 Å². The normalized spacial score (nSPS) is 13.2. The fraction of sp³-hybridized carbons (Fsp3) is 0.571. The largest absolute Gasteiger partial charge is 0.382 e. The molecule has 0 aliphatic carbocycles. The lowest BCUT2D eigenvalue weighted by Crippen LogP contribution is -2.11. The SMILES string of the molecule is CCCn1nccc1C(O)c1c(C(C)C)nn(C)c1Cl. The number of aryl methyl sites for hydroxylation is 2. The fourth-order valence-electron chi connectivity index (χ4n) is 2.34. The zero-order chi connectivity index (χ0) is 14.9. The Balaban J connectivity index is 2.47. The molecule has 1 unspecified atom stereocenters. The summed E-state index contributed by atoms with van der Waals surface area (Å²) in [7, 11) is 1.79. The van der Waals surface area contributed by atoms with Gasteiger partial charge in [-0.3, -0.25) is 9.36 Å². The number of aliphatic hydroxyl groups is 1. The van der Waals surface area contributed by atoms with Crippen LogP contribution in [0.25, 0.3) is 0 Å². The van der Waals surface area contributed by atoms with Gasteiger partial charge >= 0.3 is 0 Å². The van der Waals surface area contributed by atoms with Crippen LogP contribution in [0.4, 0.5) is 0 Å². The van der Waals surface area contributed by atoms with E-state index in [1.54, 1.807) is 17.9 Å². The molecular formula is C14H21ClN4O. The minimum Gasteiger partial charge on any atom is -0.382 e. The number of hydrogen-bond acceptors (Lipinski definition) is 3. The summed E-state index contributed by atoms with van der Waals surface area (Å²) in [5.74, 6) is 0.195. The van der Waals surface area contributed by atoms with E-state index in [-0.39, 0.29) is 5.92 Å². The molecule has 2 aromatic heterocycles. The first kappa shape index (κ1) is 15.1. The van der Waals surface area contributed by atoms with E-state index in [2.05, 4.69) is 17.1 Å². The fourth-order valence-corrected chi connectivity index (χ4v) is 2.58. The first-order valence-electron chi connectivity index (χ1n) is 6.89. The molecule has 0 bridgehead atoms. The predicted molar refractivity (Wildman–Crippen MR) is 78.9 cm³/mol. The Labute approximate surface area is 124 Å². The zero-order valence-electron chi connectivity index (χ0n) is 12.3. The molecule has 6 heteroatoms. The molecule has 1 atom stereocenters. The summed E-state index contributed by atoms with van der Waals surface area (Å²) in [5.41, 5.74) is 2.26. The molecule has 110 valence electrons. The molecule has 0 aliphatic heterocycles. The van der Waals surface area contributed by atoms with Crippen LogP contribution < -0.4 is 0 Å². The molecule has 0 radical (unpaired) electrons. The molecule has 2 heterocycles. The molecule has 20 heavy (non-hydrogen) atoms. The molecule has 0 saturated heterocycles. The van der Waals surface area contributed by atoms with Crippen LogP contribution in [0.5, 0.6) is 0 Å². The number of aliphatic hydroxyl groups excluding tert-OH is 1. The van der Waals surface area contributed by atoms with Crippen LogP contribution in [0.3, 0.4) is 0 Å². The van der Waals surface area contributed by atoms with Crippen LogP contribution in [0.2, 0.25) is 5.15 Å². The monoisotopic (exact) mass is 296 g/mol. The molecule has 0 fully saturated rings. The highest BCUT2D eigenvalue weighted by Gasteiger charge is 2.26. The summed E-state index contributed by atoms with van der Waals surface area (Å²) < 4.78 is 3.42. The molecule has 2 rings (SSSR count). The lowest BCUT2D eigenvalue weighted by atomic mass is 10.0. The average molecular weight is 297 g/mol. The topological polar surface area (TPSA) is 55.9 Å². The van der Waals surface area contributed by atoms with Gasteiger partial charge in [0, 0.05) is 25.4 Å². The Morgan fingerprint density at radius 2 is 2.10 bits per heavy atom. The van der Waals surface area contributed by atoms with Gasteiger partial charge in [-0.15, -0.1) is 0 Å². The van der Waals surface area contributed by atoms with Crippen molar-refractivity contribution >= 4 is 11.6 Å². The minimum atomic E-state index is -0.803. The maximum absolute atomic E-state index is 10.7. The lowest BCUT2D eigenvalue weighted by Gasteiger charge is -2.15. The highest BCUT2D eigenvalue weighted by atomic mass is 35.5. The van der Waals surface area contributed by atoms with E-state index in [4.69, 9.17) is 11.6 Å². The van der Waals surface area contributed by atoms with Crippen molar-refractivity contribution in [1.82, 2.24) is 19.6 Å². The van der Waals surface area contributed by atoms with E-state index in [0.29, 0.717) is 10.7 Å². The van der Waals surface area contributed by atoms with Crippen molar-refractivity contribution in [1.29, 1.82) is 0 Å². The summed E-state index contributed by atoms with van der Waals surface area (Å²) in [4.78, 5) is 0. The quantitative estimate of drug-likeness (QED) is 0.923. The van der Waals surface area contributed by atoms with Gasteiger partial charge < -0.3 is 5.11 Å². The molecule has 5 nitrogen and oxygen atoms in total. The van der Waals surface area contributed by atoms with Gasteiger partial charge in [0.15, 0.2) is 0 Å². The molecule has 0 aliphatic rings. The predicted octanol–water partition coefficient (Wildman–Crippen LogP) is 2.89. The van der Waals surface area contributed by atoms with Crippen molar-refractivity contribution in [2.75, 3.05) is 0 Å². The van der Waals surface area contributed by atoms with Crippen molar-refractivity contribution in [3.05, 3.63) is 34.4 Å². The van der Waals surface area contributed by atoms with Crippen LogP contribution in [-0.4, -0.2) is 24.7 Å². The second-order valence-electron chi connectivity index (χ2n) is 5.25. The Morgan fingerprint density at radius 1 is 1.40 bits per heavy atom. The Bertz CT molecular complexity index is 588. The van der Waals surface area contributed by atoms with Crippen molar-refractivity contribution in [2.24, 2.45) is 7.05 Å². The van der Waals surface area contributed by atoms with Crippen LogP contribution >= 0.6 is 11.6 Å². The summed E-state index contributed by atoms with van der Waals surface area (Å²) in [6.07, 6.45) is 1.86. The molecule has 0 amide bonds. The number of aromatic nitrogens is 4. The molecule has 1 N–H and O–H groups in total. The Kier molecular flexibility index (Phi) is 4.50. The third-order valence-electron chi connectivity index (χ3n) is 3.33. The van der Waals surface area contributed by atoms with E-state index in [0.717, 1.165) is 24.4 Å². The van der Waals surface area contributed by atoms with Gasteiger partial charge in [-0.05, 0) is 18.4 Å². The summed E-state index contributed by atoms with van der Waals surface area (Å²) >= 11 is 6.31. The summed E-state index contributed by atoms with van der Waals surface area (Å²) in [6, 6.07) is 1.83. The third kappa shape index (κ3) is 2.60. The molecule has 0 aromatic carbocycles.